The first kappa shape index (κ1) is 29.9. The Morgan fingerprint density at radius 2 is 1.65 bits per heavy atom. The number of nitrogens with one attached hydrogen (secondary N) is 3. The van der Waals surface area contributed by atoms with Crippen molar-refractivity contribution in [2.45, 2.75) is 69.7 Å². The molecule has 0 spiro atoms. The highest BCUT2D eigenvalue weighted by Gasteiger charge is 2.39. The molecule has 1 heterocycles. The van der Waals surface area contributed by atoms with E-state index >= 15 is 0 Å². The Morgan fingerprint density at radius 1 is 0.977 bits per heavy atom. The molecule has 0 saturated heterocycles. The average molecular weight is 584 g/mol. The van der Waals surface area contributed by atoms with Gasteiger partial charge in [0.2, 0.25) is 17.7 Å². The lowest BCUT2D eigenvalue weighted by Gasteiger charge is -2.39. The molecule has 0 saturated carbocycles. The molecule has 3 aromatic rings. The first-order valence-electron chi connectivity index (χ1n) is 14.7. The Kier molecular flexibility index (Phi) is 9.16. The minimum atomic E-state index is -0.985. The third kappa shape index (κ3) is 6.75. The molecule has 10 heteroatoms. The highest BCUT2D eigenvalue weighted by atomic mass is 16.6. The molecule has 3 N–H and O–H groups in total. The summed E-state index contributed by atoms with van der Waals surface area (Å²) in [6.07, 6.45) is 3.22. The molecule has 0 bridgehead atoms. The van der Waals surface area contributed by atoms with Crippen molar-refractivity contribution < 1.29 is 19.3 Å². The van der Waals surface area contributed by atoms with E-state index in [9.17, 15) is 24.5 Å². The van der Waals surface area contributed by atoms with Gasteiger partial charge in [0.1, 0.15) is 12.1 Å². The minimum Gasteiger partial charge on any atom is -0.347 e. The summed E-state index contributed by atoms with van der Waals surface area (Å²) in [4.78, 5) is 53.6. The molecule has 224 valence electrons. The van der Waals surface area contributed by atoms with Crippen LogP contribution in [0, 0.1) is 10.1 Å². The molecule has 0 aromatic heterocycles. The minimum absolute atomic E-state index is 0.0619. The van der Waals surface area contributed by atoms with Gasteiger partial charge in [0.05, 0.1) is 17.0 Å². The second-order valence-corrected chi connectivity index (χ2v) is 11.3. The number of aryl methyl sites for hydroxylation is 1. The molecular formula is C33H37N5O5. The fourth-order valence-corrected chi connectivity index (χ4v) is 5.98. The number of rotatable bonds is 9. The number of nitrogens with zero attached hydrogens (tertiary/aromatic N) is 2. The summed E-state index contributed by atoms with van der Waals surface area (Å²) < 4.78 is 0. The maximum Gasteiger partial charge on any atom is 0.269 e. The van der Waals surface area contributed by atoms with E-state index in [0.29, 0.717) is 12.0 Å². The van der Waals surface area contributed by atoms with E-state index in [1.54, 1.807) is 31.0 Å². The fourth-order valence-electron chi connectivity index (χ4n) is 5.98. The largest absolute Gasteiger partial charge is 0.347 e. The van der Waals surface area contributed by atoms with E-state index in [-0.39, 0.29) is 42.4 Å². The lowest BCUT2D eigenvalue weighted by Crippen LogP contribution is -2.59. The van der Waals surface area contributed by atoms with E-state index in [1.165, 1.54) is 17.7 Å². The van der Waals surface area contributed by atoms with Gasteiger partial charge < -0.3 is 20.9 Å². The predicted molar refractivity (Wildman–Crippen MR) is 162 cm³/mol. The van der Waals surface area contributed by atoms with Crippen molar-refractivity contribution in [3.05, 3.63) is 111 Å². The van der Waals surface area contributed by atoms with E-state index < -0.39 is 23.0 Å². The molecule has 10 nitrogen and oxygen atoms in total. The summed E-state index contributed by atoms with van der Waals surface area (Å²) in [7, 11) is 1.66. The number of fused-ring (bicyclic) bond motifs is 2. The number of amides is 3. The van der Waals surface area contributed by atoms with Gasteiger partial charge in [-0.1, -0.05) is 60.7 Å². The Labute approximate surface area is 251 Å². The van der Waals surface area contributed by atoms with E-state index in [0.717, 1.165) is 36.0 Å². The van der Waals surface area contributed by atoms with E-state index in [2.05, 4.69) is 28.1 Å². The van der Waals surface area contributed by atoms with Crippen molar-refractivity contribution in [1.29, 1.82) is 0 Å². The molecule has 2 aliphatic rings. The molecule has 5 rings (SSSR count). The van der Waals surface area contributed by atoms with E-state index in [4.69, 9.17) is 0 Å². The summed E-state index contributed by atoms with van der Waals surface area (Å²) >= 11 is 0. The second-order valence-electron chi connectivity index (χ2n) is 11.3. The van der Waals surface area contributed by atoms with Crippen molar-refractivity contribution in [3.8, 4) is 0 Å². The number of non-ortho nitro benzene ring substituents is 1. The standard InChI is InChI=1S/C33H37N5O5/c1-21(34-2)31(39)36-29(18-22-14-16-26(17-15-22)38(42)43)33(41)37-20-25-10-4-3-9-24(25)19-30(37)32(40)35-28-13-7-11-23-8-5-6-12-27(23)28/h3-6,8-10,12,14-17,21,28-30,34H,7,11,13,18-20H2,1-2H3,(H,35,40)(H,36,39)/t21-,28+,29-,30-/m0/s1. The summed E-state index contributed by atoms with van der Waals surface area (Å²) in [5.41, 5.74) is 4.89. The first-order chi connectivity index (χ1) is 20.7. The molecule has 0 radical (unpaired) electrons. The summed E-state index contributed by atoms with van der Waals surface area (Å²) in [5.74, 6) is -0.970. The Balaban J connectivity index is 1.44. The quantitative estimate of drug-likeness (QED) is 0.261. The maximum absolute atomic E-state index is 14.3. The molecule has 4 atom stereocenters. The van der Waals surface area contributed by atoms with Gasteiger partial charge in [0.25, 0.3) is 5.69 Å². The maximum atomic E-state index is 14.3. The third-order valence-electron chi connectivity index (χ3n) is 8.55. The van der Waals surface area contributed by atoms with Crippen LogP contribution < -0.4 is 16.0 Å². The molecule has 1 aliphatic carbocycles. The van der Waals surface area contributed by atoms with Crippen LogP contribution in [0.2, 0.25) is 0 Å². The molecule has 1 aliphatic heterocycles. The predicted octanol–water partition coefficient (Wildman–Crippen LogP) is 3.38. The normalized spacial score (nSPS) is 18.9. The van der Waals surface area contributed by atoms with Crippen molar-refractivity contribution in [2.24, 2.45) is 0 Å². The van der Waals surface area contributed by atoms with Crippen LogP contribution >= 0.6 is 0 Å². The van der Waals surface area contributed by atoms with Crippen LogP contribution in [-0.4, -0.2) is 52.7 Å². The summed E-state index contributed by atoms with van der Waals surface area (Å²) in [5, 5.41) is 20.2. The number of hydrogen-bond donors (Lipinski definition) is 3. The lowest BCUT2D eigenvalue weighted by molar-refractivity contribution is -0.384. The van der Waals surface area contributed by atoms with Gasteiger partial charge in [-0.2, -0.15) is 0 Å². The zero-order valence-corrected chi connectivity index (χ0v) is 24.4. The molecule has 3 aromatic carbocycles. The van der Waals surface area contributed by atoms with E-state index in [1.807, 2.05) is 36.4 Å². The lowest BCUT2D eigenvalue weighted by atomic mass is 9.87. The van der Waals surface area contributed by atoms with Gasteiger partial charge in [-0.3, -0.25) is 24.5 Å². The smallest absolute Gasteiger partial charge is 0.269 e. The Hall–Kier alpha value is -4.57. The third-order valence-corrected chi connectivity index (χ3v) is 8.55. The molecular weight excluding hydrogens is 546 g/mol. The number of carbonyl (C=O) groups excluding carboxylic acids is 3. The fraction of sp³-hybridized carbons (Fsp3) is 0.364. The average Bonchev–Trinajstić information content (AvgIpc) is 3.03. The van der Waals surface area contributed by atoms with Crippen LogP contribution in [0.25, 0.3) is 0 Å². The molecule has 3 amide bonds. The van der Waals surface area contributed by atoms with Crippen LogP contribution in [0.4, 0.5) is 5.69 Å². The molecule has 0 fully saturated rings. The summed E-state index contributed by atoms with van der Waals surface area (Å²) in [6.45, 7) is 1.92. The topological polar surface area (TPSA) is 134 Å². The van der Waals surface area contributed by atoms with Crippen LogP contribution in [0.3, 0.4) is 0 Å². The van der Waals surface area contributed by atoms with Crippen molar-refractivity contribution >= 4 is 23.4 Å². The highest BCUT2D eigenvalue weighted by molar-refractivity contribution is 5.94. The Morgan fingerprint density at radius 3 is 2.35 bits per heavy atom. The number of hydrogen-bond acceptors (Lipinski definition) is 6. The number of nitro groups is 1. The number of carbonyl (C=O) groups is 3. The van der Waals surface area contributed by atoms with Gasteiger partial charge in [0.15, 0.2) is 0 Å². The van der Waals surface area contributed by atoms with Crippen molar-refractivity contribution in [2.75, 3.05) is 7.05 Å². The van der Waals surface area contributed by atoms with Gasteiger partial charge in [-0.05, 0) is 61.1 Å². The van der Waals surface area contributed by atoms with Gasteiger partial charge in [0, 0.05) is 31.5 Å². The van der Waals surface area contributed by atoms with Gasteiger partial charge in [-0.25, -0.2) is 0 Å². The number of nitro benzene ring substituents is 1. The van der Waals surface area contributed by atoms with Crippen molar-refractivity contribution in [3.63, 3.8) is 0 Å². The number of benzene rings is 3. The monoisotopic (exact) mass is 583 g/mol. The Bertz CT molecular complexity index is 1510. The van der Waals surface area contributed by atoms with Crippen LogP contribution in [0.5, 0.6) is 0 Å². The van der Waals surface area contributed by atoms with Crippen molar-refractivity contribution in [1.82, 2.24) is 20.9 Å². The molecule has 0 unspecified atom stereocenters. The zero-order valence-electron chi connectivity index (χ0n) is 24.4. The second kappa shape index (κ2) is 13.2. The first-order valence-corrected chi connectivity index (χ1v) is 14.7. The number of likely N-dealkylation sites (N-methyl/N-ethyl adjacent to an activating group) is 1. The summed E-state index contributed by atoms with van der Waals surface area (Å²) in [6, 6.07) is 19.4. The zero-order chi connectivity index (χ0) is 30.5. The van der Waals surface area contributed by atoms with Crippen LogP contribution in [-0.2, 0) is 40.2 Å². The highest BCUT2D eigenvalue weighted by Crippen LogP contribution is 2.31. The van der Waals surface area contributed by atoms with Crippen LogP contribution in [0.15, 0.2) is 72.8 Å². The van der Waals surface area contributed by atoms with Gasteiger partial charge >= 0.3 is 0 Å². The molecule has 43 heavy (non-hydrogen) atoms. The SMILES string of the molecule is CN[C@@H](C)C(=O)N[C@@H](Cc1ccc([N+](=O)[O-])cc1)C(=O)N1Cc2ccccc2C[C@H]1C(=O)N[C@@H]1CCCc2ccccc21. The van der Waals surface area contributed by atoms with Crippen LogP contribution in [0.1, 0.15) is 53.6 Å². The van der Waals surface area contributed by atoms with Gasteiger partial charge in [-0.15, -0.1) is 0 Å².